The van der Waals surface area contributed by atoms with E-state index in [0.717, 1.165) is 45.3 Å². The van der Waals surface area contributed by atoms with Gasteiger partial charge in [-0.15, -0.1) is 0 Å². The summed E-state index contributed by atoms with van der Waals surface area (Å²) in [4.78, 5) is 27.5. The van der Waals surface area contributed by atoms with E-state index in [2.05, 4.69) is 50.7 Å². The number of piperidine rings is 1. The molecule has 1 amide bonds. The second kappa shape index (κ2) is 9.68. The lowest BCUT2D eigenvalue weighted by molar-refractivity contribution is -0.124. The average molecular weight is 461 g/mol. The Morgan fingerprint density at radius 1 is 1.12 bits per heavy atom. The number of carbonyl (C=O) groups excluding carboxylic acids is 1. The van der Waals surface area contributed by atoms with E-state index in [1.54, 1.807) is 6.07 Å². The maximum Gasteiger partial charge on any atom is 0.272 e. The number of hydrogen-bond acceptors (Lipinski definition) is 5. The quantitative estimate of drug-likeness (QED) is 0.589. The fraction of sp³-hybridized carbons (Fsp3) is 0.444. The van der Waals surface area contributed by atoms with Gasteiger partial charge in [-0.05, 0) is 44.2 Å². The topological polar surface area (TPSA) is 87.3 Å². The van der Waals surface area contributed by atoms with E-state index in [1.807, 2.05) is 25.1 Å². The second-order valence-corrected chi connectivity index (χ2v) is 9.67. The van der Waals surface area contributed by atoms with Gasteiger partial charge in [0.15, 0.2) is 0 Å². The van der Waals surface area contributed by atoms with E-state index >= 15 is 0 Å². The number of rotatable bonds is 6. The van der Waals surface area contributed by atoms with Crippen LogP contribution in [0.25, 0.3) is 10.8 Å². The summed E-state index contributed by atoms with van der Waals surface area (Å²) < 4.78 is 6.51. The molecule has 1 aromatic heterocycles. The van der Waals surface area contributed by atoms with Crippen molar-refractivity contribution in [1.82, 2.24) is 20.4 Å². The molecular weight excluding hydrogens is 428 g/mol. The van der Waals surface area contributed by atoms with Gasteiger partial charge < -0.3 is 10.1 Å². The summed E-state index contributed by atoms with van der Waals surface area (Å²) >= 11 is 0. The van der Waals surface area contributed by atoms with Crippen LogP contribution in [-0.2, 0) is 16.1 Å². The number of nitrogens with zero attached hydrogens (tertiary/aromatic N) is 2. The highest BCUT2D eigenvalue weighted by Crippen LogP contribution is 2.39. The zero-order valence-corrected chi connectivity index (χ0v) is 19.6. The smallest absolute Gasteiger partial charge is 0.272 e. The first-order valence-corrected chi connectivity index (χ1v) is 12.2. The van der Waals surface area contributed by atoms with Crippen LogP contribution in [0.5, 0.6) is 0 Å². The largest absolute Gasteiger partial charge is 0.370 e. The van der Waals surface area contributed by atoms with Crippen molar-refractivity contribution in [1.29, 1.82) is 0 Å². The molecular formula is C27H32N4O3. The lowest BCUT2D eigenvalue weighted by Gasteiger charge is -2.39. The molecule has 2 aliphatic rings. The molecule has 7 heteroatoms. The van der Waals surface area contributed by atoms with Crippen LogP contribution in [0.1, 0.15) is 49.8 Å². The normalized spacial score (nSPS) is 21.0. The first-order chi connectivity index (χ1) is 16.5. The van der Waals surface area contributed by atoms with Gasteiger partial charge in [0.25, 0.3) is 5.56 Å². The van der Waals surface area contributed by atoms with Gasteiger partial charge in [-0.2, -0.15) is 5.10 Å². The summed E-state index contributed by atoms with van der Waals surface area (Å²) in [5.41, 5.74) is 1.64. The molecule has 2 atom stereocenters. The highest BCUT2D eigenvalue weighted by molar-refractivity contribution is 5.90. The third-order valence-electron chi connectivity index (χ3n) is 7.39. The number of amides is 1. The van der Waals surface area contributed by atoms with Gasteiger partial charge in [-0.3, -0.25) is 14.5 Å². The molecule has 2 saturated heterocycles. The van der Waals surface area contributed by atoms with E-state index in [9.17, 15) is 9.59 Å². The van der Waals surface area contributed by atoms with Crippen molar-refractivity contribution in [2.45, 2.75) is 56.8 Å². The number of H-pyrrole nitrogens is 1. The molecule has 5 rings (SSSR count). The van der Waals surface area contributed by atoms with Crippen molar-refractivity contribution >= 4 is 16.7 Å². The van der Waals surface area contributed by atoms with Gasteiger partial charge in [0, 0.05) is 31.6 Å². The molecule has 3 aromatic rings. The molecule has 0 radical (unpaired) electrons. The number of ether oxygens (including phenoxy) is 1. The zero-order valence-electron chi connectivity index (χ0n) is 19.6. The SMILES string of the molecule is CC(C(=O)NCC1CCC2(CCN(Cc3ccccc3)CC2)O1)c1n[nH]c(=O)c2ccccc12. The Morgan fingerprint density at radius 2 is 1.82 bits per heavy atom. The zero-order chi connectivity index (χ0) is 23.5. The highest BCUT2D eigenvalue weighted by atomic mass is 16.5. The Morgan fingerprint density at radius 3 is 2.59 bits per heavy atom. The number of benzene rings is 2. The van der Waals surface area contributed by atoms with Crippen LogP contribution >= 0.6 is 0 Å². The fourth-order valence-electron chi connectivity index (χ4n) is 5.32. The van der Waals surface area contributed by atoms with Gasteiger partial charge in [0.05, 0.1) is 28.7 Å². The summed E-state index contributed by atoms with van der Waals surface area (Å²) in [5.74, 6) is -0.578. The molecule has 2 aliphatic heterocycles. The number of fused-ring (bicyclic) bond motifs is 1. The second-order valence-electron chi connectivity index (χ2n) is 9.67. The van der Waals surface area contributed by atoms with Crippen LogP contribution in [0.3, 0.4) is 0 Å². The third kappa shape index (κ3) is 4.76. The van der Waals surface area contributed by atoms with Crippen molar-refractivity contribution in [3.8, 4) is 0 Å². The molecule has 0 saturated carbocycles. The number of likely N-dealkylation sites (tertiary alicyclic amines) is 1. The molecule has 3 heterocycles. The number of hydrogen-bond donors (Lipinski definition) is 2. The van der Waals surface area contributed by atoms with E-state index in [0.29, 0.717) is 23.0 Å². The molecule has 2 fully saturated rings. The molecule has 1 spiro atoms. The van der Waals surface area contributed by atoms with E-state index < -0.39 is 5.92 Å². The lowest BCUT2D eigenvalue weighted by atomic mass is 9.88. The van der Waals surface area contributed by atoms with Crippen LogP contribution in [0.2, 0.25) is 0 Å². The summed E-state index contributed by atoms with van der Waals surface area (Å²) in [6.07, 6.45) is 4.13. The van der Waals surface area contributed by atoms with Gasteiger partial charge in [0.1, 0.15) is 0 Å². The summed E-state index contributed by atoms with van der Waals surface area (Å²) in [6.45, 7) is 5.38. The molecule has 2 N–H and O–H groups in total. The van der Waals surface area contributed by atoms with Crippen molar-refractivity contribution < 1.29 is 9.53 Å². The van der Waals surface area contributed by atoms with E-state index in [4.69, 9.17) is 4.74 Å². The van der Waals surface area contributed by atoms with E-state index in [-0.39, 0.29) is 23.2 Å². The standard InChI is InChI=1S/C27H32N4O3/c1-19(24-22-9-5-6-10-23(22)26(33)30-29-24)25(32)28-17-21-11-12-27(34-21)13-15-31(16-14-27)18-20-7-3-2-4-8-20/h2-10,19,21H,11-18H2,1H3,(H,28,32)(H,30,33). The van der Waals surface area contributed by atoms with Crippen LogP contribution in [0.15, 0.2) is 59.4 Å². The third-order valence-corrected chi connectivity index (χ3v) is 7.39. The fourth-order valence-corrected chi connectivity index (χ4v) is 5.32. The maximum absolute atomic E-state index is 12.9. The first-order valence-electron chi connectivity index (χ1n) is 12.2. The summed E-state index contributed by atoms with van der Waals surface area (Å²) in [6, 6.07) is 17.9. The Kier molecular flexibility index (Phi) is 6.48. The summed E-state index contributed by atoms with van der Waals surface area (Å²) in [5, 5.41) is 11.0. The lowest BCUT2D eigenvalue weighted by Crippen LogP contribution is -2.45. The van der Waals surface area contributed by atoms with Gasteiger partial charge in [-0.25, -0.2) is 5.10 Å². The Balaban J connectivity index is 1.13. The molecule has 178 valence electrons. The first kappa shape index (κ1) is 22.7. The van der Waals surface area contributed by atoms with Crippen molar-refractivity contribution in [3.63, 3.8) is 0 Å². The number of aromatic amines is 1. The van der Waals surface area contributed by atoms with Crippen LogP contribution in [0.4, 0.5) is 0 Å². The van der Waals surface area contributed by atoms with Gasteiger partial charge >= 0.3 is 0 Å². The predicted molar refractivity (Wildman–Crippen MR) is 132 cm³/mol. The van der Waals surface area contributed by atoms with Gasteiger partial charge in [-0.1, -0.05) is 48.5 Å². The van der Waals surface area contributed by atoms with Crippen LogP contribution in [-0.4, -0.2) is 52.3 Å². The van der Waals surface area contributed by atoms with Crippen LogP contribution < -0.4 is 10.9 Å². The van der Waals surface area contributed by atoms with Crippen molar-refractivity contribution in [2.24, 2.45) is 0 Å². The molecule has 0 aliphatic carbocycles. The highest BCUT2D eigenvalue weighted by Gasteiger charge is 2.42. The minimum atomic E-state index is -0.474. The molecule has 0 bridgehead atoms. The monoisotopic (exact) mass is 460 g/mol. The Labute approximate surface area is 199 Å². The van der Waals surface area contributed by atoms with Crippen molar-refractivity contribution in [2.75, 3.05) is 19.6 Å². The minimum absolute atomic E-state index is 0.0390. The Bertz CT molecular complexity index is 1200. The number of carbonyl (C=O) groups is 1. The maximum atomic E-state index is 12.9. The minimum Gasteiger partial charge on any atom is -0.370 e. The Hall–Kier alpha value is -3.03. The summed E-state index contributed by atoms with van der Waals surface area (Å²) in [7, 11) is 0. The molecule has 7 nitrogen and oxygen atoms in total. The average Bonchev–Trinajstić information content (AvgIpc) is 3.27. The molecule has 2 aromatic carbocycles. The number of nitrogens with one attached hydrogen (secondary N) is 2. The molecule has 2 unspecified atom stereocenters. The molecule has 34 heavy (non-hydrogen) atoms. The van der Waals surface area contributed by atoms with Crippen molar-refractivity contribution in [3.05, 3.63) is 76.2 Å². The van der Waals surface area contributed by atoms with E-state index in [1.165, 1.54) is 5.56 Å². The number of aromatic nitrogens is 2. The predicted octanol–water partition coefficient (Wildman–Crippen LogP) is 3.36. The van der Waals surface area contributed by atoms with Crippen LogP contribution in [0, 0.1) is 0 Å². The van der Waals surface area contributed by atoms with Gasteiger partial charge in [0.2, 0.25) is 5.91 Å².